The van der Waals surface area contributed by atoms with Gasteiger partial charge in [0.25, 0.3) is 0 Å². The van der Waals surface area contributed by atoms with Crippen LogP contribution in [0.15, 0.2) is 53.4 Å². The number of piperidine rings is 2. The summed E-state index contributed by atoms with van der Waals surface area (Å²) in [6.07, 6.45) is 4.49. The van der Waals surface area contributed by atoms with Crippen LogP contribution in [-0.2, 0) is 10.2 Å². The Morgan fingerprint density at radius 1 is 0.872 bits per heavy atom. The van der Waals surface area contributed by atoms with Crippen molar-refractivity contribution in [1.29, 1.82) is 0 Å². The van der Waals surface area contributed by atoms with Gasteiger partial charge in [-0.05, 0) is 84.8 Å². The molecule has 0 radical (unpaired) electrons. The Kier molecular flexibility index (Phi) is 9.75. The van der Waals surface area contributed by atoms with Crippen LogP contribution in [0.5, 0.6) is 0 Å². The zero-order valence-corrected chi connectivity index (χ0v) is 24.0. The van der Waals surface area contributed by atoms with Crippen molar-refractivity contribution in [3.8, 4) is 0 Å². The molecule has 2 N–H and O–H groups in total. The van der Waals surface area contributed by atoms with E-state index in [0.29, 0.717) is 19.0 Å². The summed E-state index contributed by atoms with van der Waals surface area (Å²) >= 11 is -0.110. The van der Waals surface area contributed by atoms with Crippen LogP contribution < -0.4 is 10.6 Å². The van der Waals surface area contributed by atoms with Gasteiger partial charge in [-0.3, -0.25) is 4.79 Å². The zero-order valence-electron chi connectivity index (χ0n) is 23.2. The molecule has 2 aromatic rings. The van der Waals surface area contributed by atoms with Gasteiger partial charge in [0.2, 0.25) is 5.91 Å². The number of carbonyl (C=O) groups is 1. The van der Waals surface area contributed by atoms with E-state index in [1.165, 1.54) is 23.4 Å². The summed E-state index contributed by atoms with van der Waals surface area (Å²) in [5, 5.41) is 7.07. The molecule has 0 saturated carbocycles. The second-order valence-corrected chi connectivity index (χ2v) is 12.9. The Bertz CT molecular complexity index is 1060. The highest BCUT2D eigenvalue weighted by Crippen LogP contribution is 2.37. The van der Waals surface area contributed by atoms with Gasteiger partial charge in [-0.2, -0.15) is 13.2 Å². The molecule has 0 aliphatic carbocycles. The van der Waals surface area contributed by atoms with Crippen LogP contribution in [0.2, 0.25) is 0 Å². The molecule has 0 spiro atoms. The molecule has 0 aromatic heterocycles. The molecule has 0 bridgehead atoms. The average Bonchev–Trinajstić information content (AvgIpc) is 2.88. The van der Waals surface area contributed by atoms with E-state index < -0.39 is 5.51 Å². The predicted octanol–water partition coefficient (Wildman–Crippen LogP) is 6.97. The molecule has 39 heavy (non-hydrogen) atoms. The van der Waals surface area contributed by atoms with Crippen LogP contribution in [0.25, 0.3) is 0 Å². The number of nitrogens with one attached hydrogen (secondary N) is 2. The highest BCUT2D eigenvalue weighted by Gasteiger charge is 2.29. The molecule has 4 rings (SSSR count). The van der Waals surface area contributed by atoms with E-state index in [4.69, 9.17) is 0 Å². The van der Waals surface area contributed by atoms with Crippen molar-refractivity contribution in [2.45, 2.75) is 80.8 Å². The lowest BCUT2D eigenvalue weighted by Gasteiger charge is -2.35. The third-order valence-corrected chi connectivity index (χ3v) is 8.32. The van der Waals surface area contributed by atoms with Gasteiger partial charge >= 0.3 is 5.51 Å². The summed E-state index contributed by atoms with van der Waals surface area (Å²) in [6, 6.07) is 15.6. The first-order valence-electron chi connectivity index (χ1n) is 13.9. The number of likely N-dealkylation sites (tertiary alicyclic amines) is 2. The van der Waals surface area contributed by atoms with E-state index in [1.54, 1.807) is 12.1 Å². The van der Waals surface area contributed by atoms with Crippen molar-refractivity contribution < 1.29 is 18.0 Å². The van der Waals surface area contributed by atoms with Gasteiger partial charge in [-0.15, -0.1) is 0 Å². The number of hydrogen-bond acceptors (Lipinski definition) is 5. The van der Waals surface area contributed by atoms with Gasteiger partial charge in [0.1, 0.15) is 0 Å². The number of amides is 1. The molecule has 2 aliphatic rings. The van der Waals surface area contributed by atoms with Crippen LogP contribution in [0.4, 0.5) is 24.5 Å². The smallest absolute Gasteiger partial charge is 0.382 e. The largest absolute Gasteiger partial charge is 0.446 e. The van der Waals surface area contributed by atoms with Gasteiger partial charge in [-0.25, -0.2) is 0 Å². The molecule has 5 nitrogen and oxygen atoms in total. The summed E-state index contributed by atoms with van der Waals surface area (Å²) in [6.45, 7) is 10.8. The van der Waals surface area contributed by atoms with Gasteiger partial charge in [0.15, 0.2) is 0 Å². The van der Waals surface area contributed by atoms with Crippen molar-refractivity contribution in [1.82, 2.24) is 9.80 Å². The topological polar surface area (TPSA) is 47.6 Å². The van der Waals surface area contributed by atoms with E-state index in [1.807, 2.05) is 4.90 Å². The number of nitrogens with zero attached hydrogens (tertiary/aromatic N) is 2. The van der Waals surface area contributed by atoms with E-state index in [2.05, 4.69) is 60.6 Å². The Balaban J connectivity index is 1.16. The lowest BCUT2D eigenvalue weighted by Crippen LogP contribution is -2.46. The van der Waals surface area contributed by atoms with E-state index in [-0.39, 0.29) is 34.0 Å². The fourth-order valence-electron chi connectivity index (χ4n) is 5.32. The summed E-state index contributed by atoms with van der Waals surface area (Å²) in [7, 11) is 0. The average molecular weight is 563 g/mol. The fraction of sp³-hybridized carbons (Fsp3) is 0.567. The van der Waals surface area contributed by atoms with Crippen LogP contribution in [0.3, 0.4) is 0 Å². The van der Waals surface area contributed by atoms with Crippen LogP contribution in [-0.4, -0.2) is 66.0 Å². The first kappa shape index (κ1) is 29.6. The minimum absolute atomic E-state index is 0.100. The number of hydrogen-bond donors (Lipinski definition) is 2. The third-order valence-electron chi connectivity index (χ3n) is 7.58. The van der Waals surface area contributed by atoms with Crippen LogP contribution >= 0.6 is 11.8 Å². The first-order chi connectivity index (χ1) is 18.4. The van der Waals surface area contributed by atoms with Gasteiger partial charge in [-0.1, -0.05) is 32.9 Å². The Morgan fingerprint density at radius 2 is 1.46 bits per heavy atom. The van der Waals surface area contributed by atoms with Crippen molar-refractivity contribution >= 4 is 29.0 Å². The standard InChI is InChI=1S/C30H41F3N4OS/c1-29(2,3)22-6-8-23(9-7-22)34-25-14-18-36(19-15-25)20-16-28(38)37-17-4-5-26(21-37)35-24-10-12-27(13-11-24)39-30(31,32)33/h6-13,25-26,34-35H,4-5,14-21H2,1-3H3. The minimum Gasteiger partial charge on any atom is -0.382 e. The zero-order chi connectivity index (χ0) is 28.0. The molecule has 2 aromatic carbocycles. The summed E-state index contributed by atoms with van der Waals surface area (Å²) < 4.78 is 37.7. The van der Waals surface area contributed by atoms with Crippen LogP contribution in [0.1, 0.15) is 58.4 Å². The second kappa shape index (κ2) is 12.9. The molecule has 1 unspecified atom stereocenters. The number of benzene rings is 2. The number of thioether (sulfide) groups is 1. The van der Waals surface area contributed by atoms with E-state index >= 15 is 0 Å². The predicted molar refractivity (Wildman–Crippen MR) is 154 cm³/mol. The highest BCUT2D eigenvalue weighted by atomic mass is 32.2. The first-order valence-corrected chi connectivity index (χ1v) is 14.8. The second-order valence-electron chi connectivity index (χ2n) is 11.7. The third kappa shape index (κ3) is 9.34. The summed E-state index contributed by atoms with van der Waals surface area (Å²) in [5.74, 6) is 0.178. The fourth-order valence-corrected chi connectivity index (χ4v) is 5.86. The lowest BCUT2D eigenvalue weighted by atomic mass is 9.87. The van der Waals surface area contributed by atoms with E-state index in [0.717, 1.165) is 57.5 Å². The molecule has 2 heterocycles. The summed E-state index contributed by atoms with van der Waals surface area (Å²) in [5.41, 5.74) is -0.851. The minimum atomic E-state index is -4.29. The summed E-state index contributed by atoms with van der Waals surface area (Å²) in [4.78, 5) is 17.5. The molecular weight excluding hydrogens is 521 g/mol. The van der Waals surface area contributed by atoms with E-state index in [9.17, 15) is 18.0 Å². The van der Waals surface area contributed by atoms with Crippen molar-refractivity contribution in [3.63, 3.8) is 0 Å². The normalized spacial score (nSPS) is 19.6. The molecule has 1 atom stereocenters. The molecule has 214 valence electrons. The quantitative estimate of drug-likeness (QED) is 0.341. The Hall–Kier alpha value is -2.39. The molecule has 2 fully saturated rings. The van der Waals surface area contributed by atoms with Crippen molar-refractivity contribution in [2.24, 2.45) is 0 Å². The van der Waals surface area contributed by atoms with Gasteiger partial charge < -0.3 is 20.4 Å². The number of carbonyl (C=O) groups excluding carboxylic acids is 1. The highest BCUT2D eigenvalue weighted by molar-refractivity contribution is 8.00. The maximum Gasteiger partial charge on any atom is 0.446 e. The Labute approximate surface area is 234 Å². The lowest BCUT2D eigenvalue weighted by molar-refractivity contribution is -0.132. The maximum absolute atomic E-state index is 13.0. The van der Waals surface area contributed by atoms with Crippen molar-refractivity contribution in [2.75, 3.05) is 43.4 Å². The van der Waals surface area contributed by atoms with Crippen LogP contribution in [0, 0.1) is 0 Å². The number of halogens is 3. The van der Waals surface area contributed by atoms with Gasteiger partial charge in [0, 0.05) is 67.5 Å². The molecular formula is C30H41F3N4OS. The monoisotopic (exact) mass is 562 g/mol. The number of anilines is 2. The molecule has 1 amide bonds. The molecule has 2 saturated heterocycles. The number of rotatable bonds is 8. The SMILES string of the molecule is CC(C)(C)c1ccc(NC2CCN(CCC(=O)N3CCCC(Nc4ccc(SC(F)(F)F)cc4)C3)CC2)cc1. The van der Waals surface area contributed by atoms with Gasteiger partial charge in [0.05, 0.1) is 0 Å². The van der Waals surface area contributed by atoms with Crippen molar-refractivity contribution in [3.05, 3.63) is 54.1 Å². The molecule has 2 aliphatic heterocycles. The maximum atomic E-state index is 13.0. The molecule has 9 heteroatoms. The Morgan fingerprint density at radius 3 is 2.05 bits per heavy atom. The number of alkyl halides is 3.